The molecule has 1 aromatic heterocycles. The number of hydrogen-bond acceptors (Lipinski definition) is 6. The van der Waals surface area contributed by atoms with E-state index < -0.39 is 16.8 Å². The summed E-state index contributed by atoms with van der Waals surface area (Å²) in [6.07, 6.45) is 2.58. The molecule has 0 saturated heterocycles. The number of nitrogens with zero attached hydrogens (tertiary/aromatic N) is 5. The lowest BCUT2D eigenvalue weighted by Gasteiger charge is -2.02. The number of aromatic nitrogens is 3. The maximum Gasteiger partial charge on any atom is 0.531 e. The third-order valence-electron chi connectivity index (χ3n) is 2.53. The molecule has 2 rings (SSSR count). The van der Waals surface area contributed by atoms with Crippen LogP contribution in [-0.2, 0) is 11.3 Å². The lowest BCUT2D eigenvalue weighted by atomic mass is 10.2. The van der Waals surface area contributed by atoms with Crippen molar-refractivity contribution in [1.29, 1.82) is 0 Å². The molecule has 0 atom stereocenters. The molecule has 22 heavy (non-hydrogen) atoms. The van der Waals surface area contributed by atoms with Gasteiger partial charge in [-0.1, -0.05) is 17.0 Å². The average molecular weight is 305 g/mol. The van der Waals surface area contributed by atoms with E-state index in [1.54, 1.807) is 12.1 Å². The Kier molecular flexibility index (Phi) is 4.75. The number of benzene rings is 1. The van der Waals surface area contributed by atoms with Gasteiger partial charge in [-0.3, -0.25) is 4.79 Å². The first-order valence-electron chi connectivity index (χ1n) is 6.10. The number of hydrogen-bond donors (Lipinski definition) is 2. The molecule has 2 N–H and O–H groups in total. The minimum absolute atomic E-state index is 0.204. The van der Waals surface area contributed by atoms with Crippen LogP contribution in [0.1, 0.15) is 5.56 Å². The predicted molar refractivity (Wildman–Crippen MR) is 73.8 cm³/mol. The minimum atomic E-state index is -0.492. The number of nitrogens with one attached hydrogen (secondary N) is 1. The molecule has 1 aromatic carbocycles. The summed E-state index contributed by atoms with van der Waals surface area (Å²) < 4.78 is 6.23. The van der Waals surface area contributed by atoms with E-state index in [0.717, 1.165) is 11.0 Å². The highest BCUT2D eigenvalue weighted by Crippen LogP contribution is 2.14. The molecule has 2 aromatic rings. The summed E-state index contributed by atoms with van der Waals surface area (Å²) in [6.45, 7) is -0.204. The molecular weight excluding hydrogens is 292 g/mol. The van der Waals surface area contributed by atoms with Crippen molar-refractivity contribution < 1.29 is 19.7 Å². The van der Waals surface area contributed by atoms with E-state index in [4.69, 9.17) is 9.94 Å². The summed E-state index contributed by atoms with van der Waals surface area (Å²) in [5, 5.41) is 16.0. The monoisotopic (exact) mass is 305 g/mol. The van der Waals surface area contributed by atoms with Crippen LogP contribution in [-0.4, -0.2) is 44.1 Å². The molecule has 0 bridgehead atoms. The van der Waals surface area contributed by atoms with E-state index in [1.807, 2.05) is 12.1 Å². The molecule has 0 radical (unpaired) electrons. The largest absolute Gasteiger partial charge is 0.531 e. The van der Waals surface area contributed by atoms with Crippen molar-refractivity contribution in [3.63, 3.8) is 0 Å². The molecule has 10 heteroatoms. The smallest absolute Gasteiger partial charge is 0.496 e. The van der Waals surface area contributed by atoms with Crippen molar-refractivity contribution in [3.05, 3.63) is 41.1 Å². The van der Waals surface area contributed by atoms with Crippen molar-refractivity contribution in [1.82, 2.24) is 20.2 Å². The zero-order valence-corrected chi connectivity index (χ0v) is 11.6. The molecule has 114 valence electrons. The van der Waals surface area contributed by atoms with Crippen LogP contribution in [0, 0.1) is 4.91 Å². The molecule has 0 fully saturated rings. The van der Waals surface area contributed by atoms with Crippen LogP contribution in [0.15, 0.2) is 35.7 Å². The van der Waals surface area contributed by atoms with Crippen LogP contribution in [0.2, 0.25) is 0 Å². The Morgan fingerprint density at radius 3 is 3.00 bits per heavy atom. The SMILES string of the molecule is COc1ccccc1/C=N/NC(=O)Cn1cnc([N+](=O)O)n1. The summed E-state index contributed by atoms with van der Waals surface area (Å²) in [5.41, 5.74) is 3.01. The van der Waals surface area contributed by atoms with Gasteiger partial charge in [0, 0.05) is 10.7 Å². The first-order chi connectivity index (χ1) is 10.6. The van der Waals surface area contributed by atoms with Crippen LogP contribution in [0.5, 0.6) is 5.75 Å². The Morgan fingerprint density at radius 2 is 2.32 bits per heavy atom. The zero-order valence-electron chi connectivity index (χ0n) is 11.6. The fraction of sp³-hybridized carbons (Fsp3) is 0.167. The molecule has 0 saturated carbocycles. The van der Waals surface area contributed by atoms with Crippen molar-refractivity contribution in [2.45, 2.75) is 6.54 Å². The molecule has 1 heterocycles. The van der Waals surface area contributed by atoms with Crippen molar-refractivity contribution in [2.24, 2.45) is 5.10 Å². The highest BCUT2D eigenvalue weighted by Gasteiger charge is 2.19. The lowest BCUT2D eigenvalue weighted by molar-refractivity contribution is -0.734. The second-order valence-electron chi connectivity index (χ2n) is 4.05. The van der Waals surface area contributed by atoms with E-state index in [-0.39, 0.29) is 6.54 Å². The van der Waals surface area contributed by atoms with Crippen molar-refractivity contribution in [2.75, 3.05) is 7.11 Å². The van der Waals surface area contributed by atoms with Gasteiger partial charge in [0.25, 0.3) is 5.91 Å². The van der Waals surface area contributed by atoms with Gasteiger partial charge in [-0.25, -0.2) is 5.43 Å². The average Bonchev–Trinajstić information content (AvgIpc) is 2.96. The molecule has 0 aliphatic heterocycles. The van der Waals surface area contributed by atoms with E-state index in [9.17, 15) is 9.70 Å². The van der Waals surface area contributed by atoms with Gasteiger partial charge in [-0.2, -0.15) is 9.78 Å². The molecule has 0 aliphatic carbocycles. The van der Waals surface area contributed by atoms with Gasteiger partial charge in [0.1, 0.15) is 12.3 Å². The molecular formula is C12H13N6O4+. The summed E-state index contributed by atoms with van der Waals surface area (Å²) in [5.74, 6) is -0.303. The second-order valence-corrected chi connectivity index (χ2v) is 4.05. The molecule has 0 unspecified atom stereocenters. The molecule has 0 aliphatic rings. The number of carbonyl (C=O) groups excluding carboxylic acids is 1. The standard InChI is InChI=1S/C12H12N6O4/c1-22-10-5-3-2-4-9(10)6-14-15-11(19)7-17-8-13-12(16-17)18(20)21/h2-6,8H,7H2,1H3,(H-,15,19,20,21)/p+1/b14-6+. The Bertz CT molecular complexity index is 711. The highest BCUT2D eigenvalue weighted by atomic mass is 16.6. The van der Waals surface area contributed by atoms with Crippen LogP contribution in [0.4, 0.5) is 5.95 Å². The Morgan fingerprint density at radius 1 is 1.55 bits per heavy atom. The quantitative estimate of drug-likeness (QED) is 0.582. The van der Waals surface area contributed by atoms with Gasteiger partial charge < -0.3 is 9.94 Å². The first-order valence-corrected chi connectivity index (χ1v) is 6.10. The van der Waals surface area contributed by atoms with Gasteiger partial charge >= 0.3 is 5.95 Å². The van der Waals surface area contributed by atoms with Crippen LogP contribution >= 0.6 is 0 Å². The minimum Gasteiger partial charge on any atom is -0.496 e. The lowest BCUT2D eigenvalue weighted by Crippen LogP contribution is -2.23. The fourth-order valence-corrected chi connectivity index (χ4v) is 1.58. The Hall–Kier alpha value is -3.30. The van der Waals surface area contributed by atoms with Crippen molar-refractivity contribution in [3.8, 4) is 5.75 Å². The number of ether oxygens (including phenoxy) is 1. The maximum absolute atomic E-state index is 11.6. The van der Waals surface area contributed by atoms with E-state index in [2.05, 4.69) is 20.6 Å². The summed E-state index contributed by atoms with van der Waals surface area (Å²) in [6, 6.07) is 7.18. The molecule has 0 spiro atoms. The van der Waals surface area contributed by atoms with Crippen LogP contribution in [0.25, 0.3) is 0 Å². The maximum atomic E-state index is 11.6. The van der Waals surface area contributed by atoms with Gasteiger partial charge in [0.2, 0.25) is 6.33 Å². The van der Waals surface area contributed by atoms with Crippen LogP contribution < -0.4 is 10.2 Å². The summed E-state index contributed by atoms with van der Waals surface area (Å²) in [7, 11) is 1.54. The summed E-state index contributed by atoms with van der Waals surface area (Å²) >= 11 is 0. The Labute approximate surface area is 124 Å². The van der Waals surface area contributed by atoms with Gasteiger partial charge in [-0.05, 0) is 17.1 Å². The van der Waals surface area contributed by atoms with Gasteiger partial charge in [0.05, 0.1) is 13.3 Å². The third-order valence-corrected chi connectivity index (χ3v) is 2.53. The third kappa shape index (κ3) is 3.85. The van der Waals surface area contributed by atoms with Gasteiger partial charge in [-0.15, -0.1) is 0 Å². The number of carbonyl (C=O) groups is 1. The predicted octanol–water partition coefficient (Wildman–Crippen LogP) is 0.237. The fourth-order valence-electron chi connectivity index (χ4n) is 1.58. The molecule has 10 nitrogen and oxygen atoms in total. The van der Waals surface area contributed by atoms with Crippen LogP contribution in [0.3, 0.4) is 0 Å². The second kappa shape index (κ2) is 6.92. The van der Waals surface area contributed by atoms with E-state index >= 15 is 0 Å². The highest BCUT2D eigenvalue weighted by molar-refractivity contribution is 5.85. The topological polar surface area (TPSA) is 122 Å². The normalized spacial score (nSPS) is 10.6. The van der Waals surface area contributed by atoms with E-state index in [0.29, 0.717) is 11.3 Å². The van der Waals surface area contributed by atoms with Gasteiger partial charge in [0.15, 0.2) is 4.92 Å². The van der Waals surface area contributed by atoms with E-state index in [1.165, 1.54) is 13.3 Å². The number of methoxy groups -OCH3 is 1. The Balaban J connectivity index is 1.92. The summed E-state index contributed by atoms with van der Waals surface area (Å²) in [4.78, 5) is 25.2. The number of rotatable bonds is 6. The number of amides is 1. The number of para-hydroxylation sites is 1. The van der Waals surface area contributed by atoms with Crippen molar-refractivity contribution >= 4 is 18.1 Å². The zero-order chi connectivity index (χ0) is 15.9. The molecule has 1 amide bonds. The first kappa shape index (κ1) is 15.1. The number of hydrazone groups is 1.